The molecule has 1 unspecified atom stereocenters. The summed E-state index contributed by atoms with van der Waals surface area (Å²) in [5.74, 6) is 1.20. The fourth-order valence-electron chi connectivity index (χ4n) is 2.95. The molecule has 0 heterocycles. The van der Waals surface area contributed by atoms with Crippen molar-refractivity contribution in [3.8, 4) is 5.75 Å². The Morgan fingerprint density at radius 3 is 2.30 bits per heavy atom. The Hall–Kier alpha value is -2.00. The standard InChI is InChI=1S/C20H28N2O/c1-4-22(5-2)19-11-9-16(10-12-19)13-18(15-21)17-7-6-8-20(14-17)23-3/h6-12,14,18H,4-5,13,15,21H2,1-3H3. The van der Waals surface area contributed by atoms with Crippen LogP contribution in [-0.2, 0) is 6.42 Å². The van der Waals surface area contributed by atoms with Gasteiger partial charge in [-0.3, -0.25) is 0 Å². The summed E-state index contributed by atoms with van der Waals surface area (Å²) in [5, 5.41) is 0. The molecule has 0 saturated heterocycles. The van der Waals surface area contributed by atoms with Crippen LogP contribution in [0.15, 0.2) is 48.5 Å². The molecule has 3 nitrogen and oxygen atoms in total. The highest BCUT2D eigenvalue weighted by Gasteiger charge is 2.12. The number of rotatable bonds is 8. The molecule has 0 saturated carbocycles. The van der Waals surface area contributed by atoms with Gasteiger partial charge >= 0.3 is 0 Å². The van der Waals surface area contributed by atoms with E-state index in [2.05, 4.69) is 55.1 Å². The third kappa shape index (κ3) is 4.49. The number of nitrogens with two attached hydrogens (primary N) is 1. The summed E-state index contributed by atoms with van der Waals surface area (Å²) >= 11 is 0. The van der Waals surface area contributed by atoms with Crippen LogP contribution >= 0.6 is 0 Å². The maximum absolute atomic E-state index is 6.02. The van der Waals surface area contributed by atoms with Gasteiger partial charge in [0.15, 0.2) is 0 Å². The predicted octanol–water partition coefficient (Wildman–Crippen LogP) is 3.83. The van der Waals surface area contributed by atoms with E-state index in [4.69, 9.17) is 10.5 Å². The fourth-order valence-corrected chi connectivity index (χ4v) is 2.95. The Morgan fingerprint density at radius 2 is 1.74 bits per heavy atom. The van der Waals surface area contributed by atoms with Crippen LogP contribution in [0, 0.1) is 0 Å². The molecule has 0 aliphatic rings. The first-order valence-corrected chi connectivity index (χ1v) is 8.39. The zero-order chi connectivity index (χ0) is 16.7. The van der Waals surface area contributed by atoms with Gasteiger partial charge in [0.1, 0.15) is 5.75 Å². The number of nitrogens with zero attached hydrogens (tertiary/aromatic N) is 1. The molecule has 0 bridgehead atoms. The quantitative estimate of drug-likeness (QED) is 0.805. The van der Waals surface area contributed by atoms with Gasteiger partial charge in [-0.1, -0.05) is 24.3 Å². The van der Waals surface area contributed by atoms with Gasteiger partial charge in [-0.25, -0.2) is 0 Å². The van der Waals surface area contributed by atoms with Crippen LogP contribution in [0.25, 0.3) is 0 Å². The van der Waals surface area contributed by atoms with Crippen molar-refractivity contribution >= 4 is 5.69 Å². The SMILES string of the molecule is CCN(CC)c1ccc(CC(CN)c2cccc(OC)c2)cc1. The van der Waals surface area contributed by atoms with Gasteiger partial charge < -0.3 is 15.4 Å². The molecular weight excluding hydrogens is 284 g/mol. The van der Waals surface area contributed by atoms with Crippen LogP contribution in [0.3, 0.4) is 0 Å². The van der Waals surface area contributed by atoms with Crippen molar-refractivity contribution in [3.63, 3.8) is 0 Å². The first-order valence-electron chi connectivity index (χ1n) is 8.39. The lowest BCUT2D eigenvalue weighted by Gasteiger charge is -2.22. The average molecular weight is 312 g/mol. The lowest BCUT2D eigenvalue weighted by atomic mass is 9.92. The molecule has 2 N–H and O–H groups in total. The van der Waals surface area contributed by atoms with Gasteiger partial charge in [0.05, 0.1) is 7.11 Å². The summed E-state index contributed by atoms with van der Waals surface area (Å²) in [6, 6.07) is 17.1. The highest BCUT2D eigenvalue weighted by atomic mass is 16.5. The molecule has 23 heavy (non-hydrogen) atoms. The van der Waals surface area contributed by atoms with Crippen LogP contribution in [0.4, 0.5) is 5.69 Å². The zero-order valence-corrected chi connectivity index (χ0v) is 14.5. The maximum atomic E-state index is 6.02. The molecule has 124 valence electrons. The summed E-state index contributed by atoms with van der Waals surface area (Å²) in [6.07, 6.45) is 0.947. The first kappa shape index (κ1) is 17.4. The Morgan fingerprint density at radius 1 is 1.04 bits per heavy atom. The largest absolute Gasteiger partial charge is 0.497 e. The van der Waals surface area contributed by atoms with Crippen molar-refractivity contribution in [3.05, 3.63) is 59.7 Å². The number of hydrogen-bond donors (Lipinski definition) is 1. The van der Waals surface area contributed by atoms with Crippen molar-refractivity contribution in [2.24, 2.45) is 5.73 Å². The van der Waals surface area contributed by atoms with E-state index in [-0.39, 0.29) is 0 Å². The van der Waals surface area contributed by atoms with Crippen molar-refractivity contribution in [1.29, 1.82) is 0 Å². The van der Waals surface area contributed by atoms with E-state index in [1.807, 2.05) is 12.1 Å². The summed E-state index contributed by atoms with van der Waals surface area (Å²) in [4.78, 5) is 2.35. The zero-order valence-electron chi connectivity index (χ0n) is 14.5. The average Bonchev–Trinajstić information content (AvgIpc) is 2.62. The topological polar surface area (TPSA) is 38.5 Å². The highest BCUT2D eigenvalue weighted by Crippen LogP contribution is 2.25. The van der Waals surface area contributed by atoms with Gasteiger partial charge in [-0.2, -0.15) is 0 Å². The van der Waals surface area contributed by atoms with Crippen molar-refractivity contribution in [1.82, 2.24) is 0 Å². The minimum Gasteiger partial charge on any atom is -0.497 e. The second-order valence-corrected chi connectivity index (χ2v) is 5.75. The fraction of sp³-hybridized carbons (Fsp3) is 0.400. The minimum absolute atomic E-state index is 0.310. The number of anilines is 1. The Kier molecular flexibility index (Phi) is 6.48. The molecule has 2 rings (SSSR count). The molecule has 3 heteroatoms. The van der Waals surface area contributed by atoms with Gasteiger partial charge in [-0.15, -0.1) is 0 Å². The summed E-state index contributed by atoms with van der Waals surface area (Å²) in [5.41, 5.74) is 9.85. The van der Waals surface area contributed by atoms with E-state index in [1.165, 1.54) is 16.8 Å². The Balaban J connectivity index is 2.12. The molecule has 0 amide bonds. The van der Waals surface area contributed by atoms with Gasteiger partial charge in [-0.05, 0) is 62.2 Å². The molecule has 0 aliphatic heterocycles. The van der Waals surface area contributed by atoms with Crippen LogP contribution in [0.5, 0.6) is 5.75 Å². The maximum Gasteiger partial charge on any atom is 0.119 e. The second-order valence-electron chi connectivity index (χ2n) is 5.75. The number of ether oxygens (including phenoxy) is 1. The van der Waals surface area contributed by atoms with E-state index < -0.39 is 0 Å². The normalized spacial score (nSPS) is 12.0. The molecule has 0 aliphatic carbocycles. The van der Waals surface area contributed by atoms with E-state index >= 15 is 0 Å². The van der Waals surface area contributed by atoms with E-state index in [0.717, 1.165) is 25.3 Å². The molecule has 0 aromatic heterocycles. The molecule has 1 atom stereocenters. The second kappa shape index (κ2) is 8.59. The number of hydrogen-bond acceptors (Lipinski definition) is 3. The van der Waals surface area contributed by atoms with Crippen LogP contribution < -0.4 is 15.4 Å². The van der Waals surface area contributed by atoms with Crippen molar-refractivity contribution in [2.45, 2.75) is 26.2 Å². The molecule has 0 spiro atoms. The van der Waals surface area contributed by atoms with Crippen LogP contribution in [-0.4, -0.2) is 26.7 Å². The third-order valence-electron chi connectivity index (χ3n) is 4.40. The molecule has 0 fully saturated rings. The molecule has 2 aromatic carbocycles. The Labute approximate surface area is 140 Å². The predicted molar refractivity (Wildman–Crippen MR) is 98.5 cm³/mol. The minimum atomic E-state index is 0.310. The molecular formula is C20H28N2O. The summed E-state index contributed by atoms with van der Waals surface area (Å²) in [6.45, 7) is 7.07. The van der Waals surface area contributed by atoms with E-state index in [1.54, 1.807) is 7.11 Å². The van der Waals surface area contributed by atoms with Crippen molar-refractivity contribution < 1.29 is 4.74 Å². The summed E-state index contributed by atoms with van der Waals surface area (Å²) < 4.78 is 5.32. The van der Waals surface area contributed by atoms with Gasteiger partial charge in [0, 0.05) is 24.7 Å². The van der Waals surface area contributed by atoms with Crippen molar-refractivity contribution in [2.75, 3.05) is 31.6 Å². The van der Waals surface area contributed by atoms with E-state index in [0.29, 0.717) is 12.5 Å². The molecule has 2 aromatic rings. The van der Waals surface area contributed by atoms with E-state index in [9.17, 15) is 0 Å². The van der Waals surface area contributed by atoms with Crippen LogP contribution in [0.1, 0.15) is 30.9 Å². The lowest BCUT2D eigenvalue weighted by molar-refractivity contribution is 0.413. The van der Waals surface area contributed by atoms with Gasteiger partial charge in [0.25, 0.3) is 0 Å². The first-order chi connectivity index (χ1) is 11.2. The Bertz CT molecular complexity index is 591. The monoisotopic (exact) mass is 312 g/mol. The third-order valence-corrected chi connectivity index (χ3v) is 4.40. The number of methoxy groups -OCH3 is 1. The summed E-state index contributed by atoms with van der Waals surface area (Å²) in [7, 11) is 1.70. The van der Waals surface area contributed by atoms with Gasteiger partial charge in [0.2, 0.25) is 0 Å². The van der Waals surface area contributed by atoms with Crippen LogP contribution in [0.2, 0.25) is 0 Å². The lowest BCUT2D eigenvalue weighted by Crippen LogP contribution is -2.21. The number of benzene rings is 2. The molecule has 0 radical (unpaired) electrons. The smallest absolute Gasteiger partial charge is 0.119 e. The highest BCUT2D eigenvalue weighted by molar-refractivity contribution is 5.47.